The Morgan fingerprint density at radius 1 is 1.46 bits per heavy atom. The summed E-state index contributed by atoms with van der Waals surface area (Å²) >= 11 is 3.36. The minimum Gasteiger partial charge on any atom is -0.496 e. The molecule has 6 nitrogen and oxygen atoms in total. The minimum absolute atomic E-state index is 0.0635. The van der Waals surface area contributed by atoms with Gasteiger partial charge in [-0.25, -0.2) is 4.79 Å². The van der Waals surface area contributed by atoms with Gasteiger partial charge in [0.05, 0.1) is 13.2 Å². The molecule has 0 spiro atoms. The first kappa shape index (κ1) is 18.5. The number of carbonyl (C=O) groups excluding carboxylic acids is 2. The maximum atomic E-state index is 11.7. The molecular weight excluding hydrogens is 378 g/mol. The van der Waals surface area contributed by atoms with Crippen molar-refractivity contribution in [3.05, 3.63) is 34.3 Å². The van der Waals surface area contributed by atoms with Crippen molar-refractivity contribution in [3.8, 4) is 5.75 Å². The molecule has 1 aromatic rings. The Hall–Kier alpha value is -1.86. The van der Waals surface area contributed by atoms with Crippen LogP contribution in [0, 0.1) is 0 Å². The number of carbonyl (C=O) groups is 2. The fraction of sp³-hybridized carbons (Fsp3) is 0.412. The molecule has 1 amide bonds. The second-order valence-electron chi connectivity index (χ2n) is 5.27. The molecule has 0 saturated carbocycles. The predicted octanol–water partition coefficient (Wildman–Crippen LogP) is 2.31. The summed E-state index contributed by atoms with van der Waals surface area (Å²) < 4.78 is 16.4. The van der Waals surface area contributed by atoms with Crippen molar-refractivity contribution in [1.82, 2.24) is 5.32 Å². The van der Waals surface area contributed by atoms with E-state index in [4.69, 9.17) is 14.2 Å². The first-order valence-corrected chi connectivity index (χ1v) is 8.44. The average molecular weight is 398 g/mol. The average Bonchev–Trinajstić information content (AvgIpc) is 3.10. The van der Waals surface area contributed by atoms with Gasteiger partial charge in [-0.05, 0) is 37.1 Å². The molecule has 1 atom stereocenters. The van der Waals surface area contributed by atoms with Gasteiger partial charge in [0.1, 0.15) is 5.75 Å². The fourth-order valence-electron chi connectivity index (χ4n) is 2.26. The molecule has 1 N–H and O–H groups in total. The summed E-state index contributed by atoms with van der Waals surface area (Å²) in [4.78, 5) is 23.3. The van der Waals surface area contributed by atoms with Crippen LogP contribution in [0.5, 0.6) is 5.75 Å². The second kappa shape index (κ2) is 9.44. The molecule has 2 rings (SSSR count). The van der Waals surface area contributed by atoms with Crippen LogP contribution in [-0.4, -0.2) is 44.8 Å². The van der Waals surface area contributed by atoms with Crippen LogP contribution < -0.4 is 10.1 Å². The van der Waals surface area contributed by atoms with Crippen LogP contribution in [-0.2, 0) is 19.1 Å². The van der Waals surface area contributed by atoms with Crippen molar-refractivity contribution in [1.29, 1.82) is 0 Å². The van der Waals surface area contributed by atoms with Gasteiger partial charge in [0.2, 0.25) is 0 Å². The van der Waals surface area contributed by atoms with E-state index in [2.05, 4.69) is 21.2 Å². The molecule has 1 aromatic carbocycles. The van der Waals surface area contributed by atoms with E-state index >= 15 is 0 Å². The van der Waals surface area contributed by atoms with Gasteiger partial charge >= 0.3 is 5.97 Å². The van der Waals surface area contributed by atoms with E-state index in [0.29, 0.717) is 12.3 Å². The van der Waals surface area contributed by atoms with Crippen molar-refractivity contribution >= 4 is 33.9 Å². The summed E-state index contributed by atoms with van der Waals surface area (Å²) in [5, 5.41) is 2.69. The molecule has 0 aromatic heterocycles. The SMILES string of the molecule is COc1ccc(Br)cc1/C=C/C(=O)OCC(=O)NCC1CCCO1. The number of methoxy groups -OCH3 is 1. The van der Waals surface area contributed by atoms with E-state index in [-0.39, 0.29) is 18.6 Å². The monoisotopic (exact) mass is 397 g/mol. The fourth-order valence-corrected chi connectivity index (χ4v) is 2.64. The summed E-state index contributed by atoms with van der Waals surface area (Å²) in [6.45, 7) is 0.867. The molecule has 24 heavy (non-hydrogen) atoms. The molecule has 1 saturated heterocycles. The lowest BCUT2D eigenvalue weighted by Gasteiger charge is -2.10. The van der Waals surface area contributed by atoms with Crippen LogP contribution in [0.3, 0.4) is 0 Å². The Bertz CT molecular complexity index is 611. The van der Waals surface area contributed by atoms with Crippen LogP contribution in [0.1, 0.15) is 18.4 Å². The molecule has 1 aliphatic rings. The smallest absolute Gasteiger partial charge is 0.331 e. The zero-order valence-corrected chi connectivity index (χ0v) is 15.0. The number of halogens is 1. The third-order valence-electron chi connectivity index (χ3n) is 3.49. The summed E-state index contributed by atoms with van der Waals surface area (Å²) in [6, 6.07) is 5.44. The van der Waals surface area contributed by atoms with Crippen LogP contribution in [0.4, 0.5) is 0 Å². The maximum absolute atomic E-state index is 11.7. The Kier molecular flexibility index (Phi) is 7.27. The quantitative estimate of drug-likeness (QED) is 0.564. The van der Waals surface area contributed by atoms with Crippen molar-refractivity contribution < 1.29 is 23.8 Å². The molecule has 0 radical (unpaired) electrons. The van der Waals surface area contributed by atoms with Gasteiger partial charge in [-0.1, -0.05) is 15.9 Å². The minimum atomic E-state index is -0.593. The van der Waals surface area contributed by atoms with E-state index in [9.17, 15) is 9.59 Å². The number of amides is 1. The van der Waals surface area contributed by atoms with E-state index in [1.807, 2.05) is 12.1 Å². The highest BCUT2D eigenvalue weighted by Gasteiger charge is 2.16. The van der Waals surface area contributed by atoms with E-state index in [1.54, 1.807) is 19.3 Å². The van der Waals surface area contributed by atoms with Gasteiger partial charge in [-0.3, -0.25) is 4.79 Å². The zero-order chi connectivity index (χ0) is 17.4. The summed E-state index contributed by atoms with van der Waals surface area (Å²) in [5.74, 6) is -0.298. The van der Waals surface area contributed by atoms with Gasteiger partial charge in [0.15, 0.2) is 6.61 Å². The number of hydrogen-bond donors (Lipinski definition) is 1. The van der Waals surface area contributed by atoms with Crippen molar-refractivity contribution in [2.45, 2.75) is 18.9 Å². The van der Waals surface area contributed by atoms with E-state index in [0.717, 1.165) is 29.5 Å². The van der Waals surface area contributed by atoms with Crippen LogP contribution >= 0.6 is 15.9 Å². The van der Waals surface area contributed by atoms with Gasteiger partial charge < -0.3 is 19.5 Å². The Labute approximate surface area is 149 Å². The Morgan fingerprint density at radius 3 is 3.00 bits per heavy atom. The van der Waals surface area contributed by atoms with E-state index in [1.165, 1.54) is 6.08 Å². The standard InChI is InChI=1S/C17H20BrNO5/c1-22-15-6-5-13(18)9-12(15)4-7-17(21)24-11-16(20)19-10-14-3-2-8-23-14/h4-7,9,14H,2-3,8,10-11H2,1H3,(H,19,20)/b7-4+. The molecule has 1 fully saturated rings. The second-order valence-corrected chi connectivity index (χ2v) is 6.18. The number of nitrogens with one attached hydrogen (secondary N) is 1. The molecule has 0 bridgehead atoms. The zero-order valence-electron chi connectivity index (χ0n) is 13.4. The molecular formula is C17H20BrNO5. The molecule has 1 aliphatic heterocycles. The number of rotatable bonds is 7. The van der Waals surface area contributed by atoms with Crippen LogP contribution in [0.25, 0.3) is 6.08 Å². The van der Waals surface area contributed by atoms with Crippen molar-refractivity contribution in [2.75, 3.05) is 26.9 Å². The molecule has 1 heterocycles. The van der Waals surface area contributed by atoms with Crippen molar-refractivity contribution in [2.24, 2.45) is 0 Å². The molecule has 0 aliphatic carbocycles. The van der Waals surface area contributed by atoms with Gasteiger partial charge in [0.25, 0.3) is 5.91 Å². The van der Waals surface area contributed by atoms with Crippen LogP contribution in [0.15, 0.2) is 28.7 Å². The Balaban J connectivity index is 1.76. The van der Waals surface area contributed by atoms with Crippen LogP contribution in [0.2, 0.25) is 0 Å². The highest BCUT2D eigenvalue weighted by atomic mass is 79.9. The number of hydrogen-bond acceptors (Lipinski definition) is 5. The third-order valence-corrected chi connectivity index (χ3v) is 3.98. The molecule has 1 unspecified atom stereocenters. The lowest BCUT2D eigenvalue weighted by molar-refractivity contribution is -0.143. The Morgan fingerprint density at radius 2 is 2.29 bits per heavy atom. The number of benzene rings is 1. The largest absolute Gasteiger partial charge is 0.496 e. The van der Waals surface area contributed by atoms with E-state index < -0.39 is 5.97 Å². The number of esters is 1. The molecule has 7 heteroatoms. The predicted molar refractivity (Wildman–Crippen MR) is 92.7 cm³/mol. The molecule has 130 valence electrons. The third kappa shape index (κ3) is 5.98. The topological polar surface area (TPSA) is 73.9 Å². The maximum Gasteiger partial charge on any atom is 0.331 e. The highest BCUT2D eigenvalue weighted by Crippen LogP contribution is 2.24. The van der Waals surface area contributed by atoms with Gasteiger partial charge in [-0.15, -0.1) is 0 Å². The first-order valence-electron chi connectivity index (χ1n) is 7.65. The summed E-state index contributed by atoms with van der Waals surface area (Å²) in [6.07, 6.45) is 4.86. The summed E-state index contributed by atoms with van der Waals surface area (Å²) in [7, 11) is 1.55. The first-order chi connectivity index (χ1) is 11.6. The lowest BCUT2D eigenvalue weighted by atomic mass is 10.2. The van der Waals surface area contributed by atoms with Gasteiger partial charge in [0, 0.05) is 29.3 Å². The van der Waals surface area contributed by atoms with Crippen molar-refractivity contribution in [3.63, 3.8) is 0 Å². The summed E-state index contributed by atoms with van der Waals surface area (Å²) in [5.41, 5.74) is 0.728. The normalized spacial score (nSPS) is 17.0. The van der Waals surface area contributed by atoms with Gasteiger partial charge in [-0.2, -0.15) is 0 Å². The number of ether oxygens (including phenoxy) is 3. The highest BCUT2D eigenvalue weighted by molar-refractivity contribution is 9.10. The lowest BCUT2D eigenvalue weighted by Crippen LogP contribution is -2.34.